The van der Waals surface area contributed by atoms with Crippen LogP contribution in [-0.4, -0.2) is 24.0 Å². The van der Waals surface area contributed by atoms with Gasteiger partial charge in [-0.15, -0.1) is 0 Å². The second kappa shape index (κ2) is 7.78. The minimum absolute atomic E-state index is 0.250. The normalized spacial score (nSPS) is 13.7. The van der Waals surface area contributed by atoms with Gasteiger partial charge in [0.05, 0.1) is 5.69 Å². The lowest BCUT2D eigenvalue weighted by atomic mass is 10.0. The van der Waals surface area contributed by atoms with E-state index in [-0.39, 0.29) is 5.69 Å². The number of nitrogens with zero attached hydrogens (tertiary/aromatic N) is 2. The van der Waals surface area contributed by atoms with E-state index in [4.69, 9.17) is 5.73 Å². The molecular formula is C22H21FN4O. The SMILES string of the molecule is NC(=O)c1cccc(-c2ccc3c(c2)CNCCN3c2ccc(CF)cc2)n1. The summed E-state index contributed by atoms with van der Waals surface area (Å²) in [4.78, 5) is 18.0. The topological polar surface area (TPSA) is 71.2 Å². The van der Waals surface area contributed by atoms with Gasteiger partial charge in [-0.3, -0.25) is 4.79 Å². The molecule has 2 heterocycles. The van der Waals surface area contributed by atoms with Crippen molar-refractivity contribution in [1.82, 2.24) is 10.3 Å². The summed E-state index contributed by atoms with van der Waals surface area (Å²) in [6.45, 7) is 1.93. The van der Waals surface area contributed by atoms with Crippen molar-refractivity contribution in [2.45, 2.75) is 13.2 Å². The van der Waals surface area contributed by atoms with Crippen LogP contribution in [0.15, 0.2) is 60.7 Å². The molecule has 28 heavy (non-hydrogen) atoms. The molecule has 0 aliphatic carbocycles. The number of fused-ring (bicyclic) bond motifs is 1. The molecule has 0 radical (unpaired) electrons. The molecule has 0 unspecified atom stereocenters. The number of nitrogens with one attached hydrogen (secondary N) is 1. The quantitative estimate of drug-likeness (QED) is 0.730. The first-order valence-corrected chi connectivity index (χ1v) is 9.19. The number of halogens is 1. The van der Waals surface area contributed by atoms with Gasteiger partial charge in [0.1, 0.15) is 12.4 Å². The molecule has 1 amide bonds. The van der Waals surface area contributed by atoms with E-state index in [0.29, 0.717) is 11.3 Å². The fourth-order valence-corrected chi connectivity index (χ4v) is 3.45. The summed E-state index contributed by atoms with van der Waals surface area (Å²) in [5, 5.41) is 3.44. The molecule has 3 aromatic rings. The number of carbonyl (C=O) groups is 1. The van der Waals surface area contributed by atoms with E-state index in [1.54, 1.807) is 12.1 Å². The van der Waals surface area contributed by atoms with Gasteiger partial charge >= 0.3 is 0 Å². The Hall–Kier alpha value is -3.25. The Labute approximate surface area is 163 Å². The molecular weight excluding hydrogens is 355 g/mol. The highest BCUT2D eigenvalue weighted by Gasteiger charge is 2.18. The zero-order chi connectivity index (χ0) is 19.5. The van der Waals surface area contributed by atoms with E-state index in [9.17, 15) is 9.18 Å². The number of nitrogens with two attached hydrogens (primary N) is 1. The molecule has 0 atom stereocenters. The van der Waals surface area contributed by atoms with Crippen LogP contribution < -0.4 is 16.0 Å². The van der Waals surface area contributed by atoms with E-state index >= 15 is 0 Å². The fourth-order valence-electron chi connectivity index (χ4n) is 3.45. The fraction of sp³-hybridized carbons (Fsp3) is 0.182. The van der Waals surface area contributed by atoms with Crippen LogP contribution in [-0.2, 0) is 13.2 Å². The van der Waals surface area contributed by atoms with E-state index in [1.165, 1.54) is 0 Å². The first-order valence-electron chi connectivity index (χ1n) is 9.19. The number of pyridine rings is 1. The summed E-state index contributed by atoms with van der Waals surface area (Å²) in [5.74, 6) is -0.541. The van der Waals surface area contributed by atoms with Crippen molar-refractivity contribution in [3.05, 3.63) is 77.5 Å². The Kier molecular flexibility index (Phi) is 5.04. The summed E-state index contributed by atoms with van der Waals surface area (Å²) < 4.78 is 12.8. The molecule has 0 saturated carbocycles. The van der Waals surface area contributed by atoms with Crippen molar-refractivity contribution < 1.29 is 9.18 Å². The second-order valence-electron chi connectivity index (χ2n) is 6.74. The molecule has 5 nitrogen and oxygen atoms in total. The van der Waals surface area contributed by atoms with Crippen LogP contribution in [0, 0.1) is 0 Å². The Morgan fingerprint density at radius 2 is 1.96 bits per heavy atom. The Balaban J connectivity index is 1.72. The van der Waals surface area contributed by atoms with Crippen LogP contribution in [0.4, 0.5) is 15.8 Å². The number of alkyl halides is 1. The number of hydrogen-bond donors (Lipinski definition) is 2. The highest BCUT2D eigenvalue weighted by Crippen LogP contribution is 2.33. The van der Waals surface area contributed by atoms with Crippen molar-refractivity contribution in [1.29, 1.82) is 0 Å². The van der Waals surface area contributed by atoms with Gasteiger partial charge in [-0.25, -0.2) is 9.37 Å². The van der Waals surface area contributed by atoms with Crippen molar-refractivity contribution in [3.63, 3.8) is 0 Å². The molecule has 1 aromatic heterocycles. The van der Waals surface area contributed by atoms with Gasteiger partial charge in [-0.1, -0.05) is 24.3 Å². The average molecular weight is 376 g/mol. The highest BCUT2D eigenvalue weighted by molar-refractivity contribution is 5.91. The molecule has 0 bridgehead atoms. The van der Waals surface area contributed by atoms with E-state index in [2.05, 4.69) is 27.3 Å². The van der Waals surface area contributed by atoms with Crippen LogP contribution in [0.3, 0.4) is 0 Å². The van der Waals surface area contributed by atoms with Gasteiger partial charge in [0.25, 0.3) is 5.91 Å². The van der Waals surface area contributed by atoms with Gasteiger partial charge in [-0.2, -0.15) is 0 Å². The number of amides is 1. The van der Waals surface area contributed by atoms with Gasteiger partial charge in [0, 0.05) is 36.6 Å². The molecule has 1 aliphatic rings. The lowest BCUT2D eigenvalue weighted by Gasteiger charge is -2.25. The van der Waals surface area contributed by atoms with E-state index in [1.807, 2.05) is 36.4 Å². The minimum Gasteiger partial charge on any atom is -0.364 e. The lowest BCUT2D eigenvalue weighted by Crippen LogP contribution is -2.24. The van der Waals surface area contributed by atoms with Crippen LogP contribution in [0.2, 0.25) is 0 Å². The second-order valence-corrected chi connectivity index (χ2v) is 6.74. The summed E-state index contributed by atoms with van der Waals surface area (Å²) in [5.41, 5.74) is 11.2. The number of benzene rings is 2. The van der Waals surface area contributed by atoms with Crippen LogP contribution in [0.1, 0.15) is 21.6 Å². The molecule has 4 rings (SSSR count). The van der Waals surface area contributed by atoms with Crippen molar-refractivity contribution in [3.8, 4) is 11.3 Å². The molecule has 1 aliphatic heterocycles. The van der Waals surface area contributed by atoms with Gasteiger partial charge < -0.3 is 16.0 Å². The molecule has 2 aromatic carbocycles. The first-order chi connectivity index (χ1) is 13.7. The van der Waals surface area contributed by atoms with Crippen molar-refractivity contribution in [2.24, 2.45) is 5.73 Å². The van der Waals surface area contributed by atoms with E-state index in [0.717, 1.165) is 42.1 Å². The van der Waals surface area contributed by atoms with E-state index < -0.39 is 12.6 Å². The summed E-state index contributed by atoms with van der Waals surface area (Å²) >= 11 is 0. The zero-order valence-corrected chi connectivity index (χ0v) is 15.4. The van der Waals surface area contributed by atoms with Gasteiger partial charge in [0.2, 0.25) is 0 Å². The summed E-state index contributed by atoms with van der Waals surface area (Å²) in [6.07, 6.45) is 0. The molecule has 0 fully saturated rings. The average Bonchev–Trinajstić information content (AvgIpc) is 2.96. The van der Waals surface area contributed by atoms with Crippen LogP contribution in [0.25, 0.3) is 11.3 Å². The standard InChI is InChI=1S/C22H21FN4O/c23-13-15-4-7-18(8-5-15)27-11-10-25-14-17-12-16(6-9-21(17)27)19-2-1-3-20(26-19)22(24)28/h1-9,12,25H,10-11,13-14H2,(H2,24,28). The summed E-state index contributed by atoms with van der Waals surface area (Å²) in [6, 6.07) is 19.0. The number of rotatable bonds is 4. The number of hydrogen-bond acceptors (Lipinski definition) is 4. The number of carbonyl (C=O) groups excluding carboxylic acids is 1. The predicted molar refractivity (Wildman–Crippen MR) is 108 cm³/mol. The minimum atomic E-state index is -0.541. The molecule has 0 spiro atoms. The lowest BCUT2D eigenvalue weighted by molar-refractivity contribution is 0.0995. The Bertz CT molecular complexity index is 1000. The number of aromatic nitrogens is 1. The Morgan fingerprint density at radius 1 is 1.14 bits per heavy atom. The Morgan fingerprint density at radius 3 is 2.71 bits per heavy atom. The molecule has 0 saturated heterocycles. The third-order valence-electron chi connectivity index (χ3n) is 4.90. The zero-order valence-electron chi connectivity index (χ0n) is 15.4. The van der Waals surface area contributed by atoms with Crippen LogP contribution in [0.5, 0.6) is 0 Å². The maximum Gasteiger partial charge on any atom is 0.267 e. The third-order valence-corrected chi connectivity index (χ3v) is 4.90. The smallest absolute Gasteiger partial charge is 0.267 e. The monoisotopic (exact) mass is 376 g/mol. The molecule has 3 N–H and O–H groups in total. The van der Waals surface area contributed by atoms with Gasteiger partial charge in [0.15, 0.2) is 0 Å². The van der Waals surface area contributed by atoms with Crippen molar-refractivity contribution >= 4 is 17.3 Å². The molecule has 6 heteroatoms. The third kappa shape index (κ3) is 3.59. The van der Waals surface area contributed by atoms with Crippen molar-refractivity contribution in [2.75, 3.05) is 18.0 Å². The predicted octanol–water partition coefficient (Wildman–Crippen LogP) is 3.56. The number of anilines is 2. The first kappa shape index (κ1) is 18.1. The largest absolute Gasteiger partial charge is 0.364 e. The molecule has 142 valence electrons. The summed E-state index contributed by atoms with van der Waals surface area (Å²) in [7, 11) is 0. The van der Waals surface area contributed by atoms with Crippen LogP contribution >= 0.6 is 0 Å². The van der Waals surface area contributed by atoms with Gasteiger partial charge in [-0.05, 0) is 47.5 Å². The maximum atomic E-state index is 12.8. The maximum absolute atomic E-state index is 12.8. The highest BCUT2D eigenvalue weighted by atomic mass is 19.1. The number of primary amides is 1.